The Morgan fingerprint density at radius 2 is 2.25 bits per heavy atom. The van der Waals surface area contributed by atoms with Crippen molar-refractivity contribution in [1.29, 1.82) is 5.41 Å². The molecule has 0 amide bonds. The summed E-state index contributed by atoms with van der Waals surface area (Å²) in [7, 11) is 2.03. The minimum absolute atomic E-state index is 0.336. The fraction of sp³-hybridized carbons (Fsp3) is 0.800. The average molecular weight is 113 g/mol. The Kier molecular flexibility index (Phi) is 1.21. The number of rotatable bonds is 1. The fourth-order valence-electron chi connectivity index (χ4n) is 0.896. The molecule has 0 atom stereocenters. The maximum absolute atomic E-state index is 6.99. The molecule has 1 heterocycles. The summed E-state index contributed by atoms with van der Waals surface area (Å²) in [6.07, 6.45) is 0. The van der Waals surface area contributed by atoms with Crippen LogP contribution in [-0.2, 0) is 0 Å². The summed E-state index contributed by atoms with van der Waals surface area (Å²) in [6, 6.07) is 0. The first-order valence-electron chi connectivity index (χ1n) is 2.72. The van der Waals surface area contributed by atoms with E-state index in [2.05, 4.69) is 4.90 Å². The summed E-state index contributed by atoms with van der Waals surface area (Å²) in [5.74, 6) is 0.683. The third kappa shape index (κ3) is 0.816. The Bertz CT molecular complexity index is 104. The van der Waals surface area contributed by atoms with E-state index in [0.717, 1.165) is 13.1 Å². The minimum atomic E-state index is 0.336. The van der Waals surface area contributed by atoms with Crippen molar-refractivity contribution in [1.82, 2.24) is 4.90 Å². The molecule has 46 valence electrons. The molecule has 0 aromatic rings. The monoisotopic (exact) mass is 113 g/mol. The van der Waals surface area contributed by atoms with Crippen LogP contribution in [0.1, 0.15) is 0 Å². The molecule has 0 bridgehead atoms. The molecule has 1 aliphatic rings. The van der Waals surface area contributed by atoms with Gasteiger partial charge in [0.1, 0.15) is 0 Å². The van der Waals surface area contributed by atoms with Gasteiger partial charge < -0.3 is 10.6 Å². The highest BCUT2D eigenvalue weighted by Gasteiger charge is 2.24. The highest BCUT2D eigenvalue weighted by molar-refractivity contribution is 5.80. The van der Waals surface area contributed by atoms with Crippen molar-refractivity contribution in [3.8, 4) is 0 Å². The van der Waals surface area contributed by atoms with Crippen molar-refractivity contribution in [2.45, 2.75) is 0 Å². The first kappa shape index (κ1) is 5.56. The fourth-order valence-corrected chi connectivity index (χ4v) is 0.896. The average Bonchev–Trinajstić information content (AvgIpc) is 1.57. The predicted molar refractivity (Wildman–Crippen MR) is 32.9 cm³/mol. The van der Waals surface area contributed by atoms with Crippen LogP contribution in [0.5, 0.6) is 0 Å². The lowest BCUT2D eigenvalue weighted by atomic mass is 10.0. The van der Waals surface area contributed by atoms with Gasteiger partial charge in [-0.1, -0.05) is 0 Å². The standard InChI is InChI=1S/C5H11N3/c1-8-2-4(3-8)5(6)7/h4H,2-3H2,1H3,(H3,6,7). The van der Waals surface area contributed by atoms with Gasteiger partial charge in [-0.25, -0.2) is 0 Å². The van der Waals surface area contributed by atoms with Gasteiger partial charge in [-0.15, -0.1) is 0 Å². The molecule has 3 heteroatoms. The van der Waals surface area contributed by atoms with E-state index in [4.69, 9.17) is 11.1 Å². The maximum Gasteiger partial charge on any atom is 0.0962 e. The molecule has 0 aromatic carbocycles. The lowest BCUT2D eigenvalue weighted by Crippen LogP contribution is -2.49. The van der Waals surface area contributed by atoms with E-state index in [1.54, 1.807) is 0 Å². The normalized spacial score (nSPS) is 22.6. The Balaban J connectivity index is 2.25. The Hall–Kier alpha value is -0.570. The summed E-state index contributed by atoms with van der Waals surface area (Å²) in [6.45, 7) is 1.94. The van der Waals surface area contributed by atoms with E-state index >= 15 is 0 Å². The lowest BCUT2D eigenvalue weighted by molar-refractivity contribution is 0.182. The molecule has 0 saturated carbocycles. The zero-order valence-electron chi connectivity index (χ0n) is 5.02. The van der Waals surface area contributed by atoms with Crippen molar-refractivity contribution in [3.05, 3.63) is 0 Å². The van der Waals surface area contributed by atoms with Crippen LogP contribution in [0.4, 0.5) is 0 Å². The zero-order chi connectivity index (χ0) is 6.15. The molecule has 8 heavy (non-hydrogen) atoms. The minimum Gasteiger partial charge on any atom is -0.387 e. The smallest absolute Gasteiger partial charge is 0.0962 e. The second kappa shape index (κ2) is 1.74. The van der Waals surface area contributed by atoms with Gasteiger partial charge in [0.25, 0.3) is 0 Å². The predicted octanol–water partition coefficient (Wildman–Crippen LogP) is -0.516. The summed E-state index contributed by atoms with van der Waals surface area (Å²) >= 11 is 0. The van der Waals surface area contributed by atoms with Gasteiger partial charge in [0.15, 0.2) is 0 Å². The molecule has 0 spiro atoms. The van der Waals surface area contributed by atoms with Gasteiger partial charge in [-0.3, -0.25) is 5.41 Å². The van der Waals surface area contributed by atoms with Gasteiger partial charge >= 0.3 is 0 Å². The Labute approximate surface area is 49.0 Å². The van der Waals surface area contributed by atoms with Gasteiger partial charge in [-0.2, -0.15) is 0 Å². The number of likely N-dealkylation sites (tertiary alicyclic amines) is 1. The molecule has 0 aliphatic carbocycles. The highest BCUT2D eigenvalue weighted by Crippen LogP contribution is 2.10. The highest BCUT2D eigenvalue weighted by atomic mass is 15.2. The number of nitrogens with zero attached hydrogens (tertiary/aromatic N) is 1. The summed E-state index contributed by atoms with van der Waals surface area (Å²) in [5, 5.41) is 6.99. The van der Waals surface area contributed by atoms with Crippen LogP contribution in [0, 0.1) is 11.3 Å². The first-order chi connectivity index (χ1) is 3.70. The van der Waals surface area contributed by atoms with Crippen molar-refractivity contribution < 1.29 is 0 Å². The largest absolute Gasteiger partial charge is 0.387 e. The lowest BCUT2D eigenvalue weighted by Gasteiger charge is -2.34. The van der Waals surface area contributed by atoms with E-state index in [1.165, 1.54) is 0 Å². The van der Waals surface area contributed by atoms with E-state index in [1.807, 2.05) is 7.05 Å². The molecule has 3 nitrogen and oxygen atoms in total. The van der Waals surface area contributed by atoms with Crippen LogP contribution in [0.3, 0.4) is 0 Å². The van der Waals surface area contributed by atoms with Gasteiger partial charge in [-0.05, 0) is 7.05 Å². The van der Waals surface area contributed by atoms with Crippen molar-refractivity contribution >= 4 is 5.84 Å². The molecular weight excluding hydrogens is 102 g/mol. The molecule has 0 radical (unpaired) electrons. The quantitative estimate of drug-likeness (QED) is 0.355. The zero-order valence-corrected chi connectivity index (χ0v) is 5.02. The number of nitrogens with two attached hydrogens (primary N) is 1. The topological polar surface area (TPSA) is 53.1 Å². The third-order valence-electron chi connectivity index (χ3n) is 1.50. The SMILES string of the molecule is CN1CC(C(=N)N)C1. The van der Waals surface area contributed by atoms with E-state index in [9.17, 15) is 0 Å². The Morgan fingerprint density at radius 3 is 2.38 bits per heavy atom. The van der Waals surface area contributed by atoms with Crippen LogP contribution in [-0.4, -0.2) is 30.9 Å². The van der Waals surface area contributed by atoms with E-state index < -0.39 is 0 Å². The molecular formula is C5H11N3. The number of amidine groups is 1. The molecule has 0 aromatic heterocycles. The van der Waals surface area contributed by atoms with Gasteiger partial charge in [0.2, 0.25) is 0 Å². The second-order valence-corrected chi connectivity index (χ2v) is 2.37. The molecule has 1 aliphatic heterocycles. The number of hydrogen-bond donors (Lipinski definition) is 2. The Morgan fingerprint density at radius 1 is 1.75 bits per heavy atom. The maximum atomic E-state index is 6.99. The molecule has 3 N–H and O–H groups in total. The number of nitrogens with one attached hydrogen (secondary N) is 1. The van der Waals surface area contributed by atoms with E-state index in [0.29, 0.717) is 11.8 Å². The summed E-state index contributed by atoms with van der Waals surface area (Å²) < 4.78 is 0. The van der Waals surface area contributed by atoms with Gasteiger partial charge in [0.05, 0.1) is 5.84 Å². The van der Waals surface area contributed by atoms with Crippen molar-refractivity contribution in [2.24, 2.45) is 11.7 Å². The van der Waals surface area contributed by atoms with E-state index in [-0.39, 0.29) is 0 Å². The van der Waals surface area contributed by atoms with Crippen molar-refractivity contribution in [2.75, 3.05) is 20.1 Å². The van der Waals surface area contributed by atoms with Crippen molar-refractivity contribution in [3.63, 3.8) is 0 Å². The molecule has 1 fully saturated rings. The molecule has 1 saturated heterocycles. The van der Waals surface area contributed by atoms with Crippen LogP contribution in [0.25, 0.3) is 0 Å². The summed E-state index contributed by atoms with van der Waals surface area (Å²) in [5.41, 5.74) is 5.22. The van der Waals surface area contributed by atoms with Gasteiger partial charge in [0, 0.05) is 19.0 Å². The molecule has 0 unspecified atom stereocenters. The first-order valence-corrected chi connectivity index (χ1v) is 2.72. The second-order valence-electron chi connectivity index (χ2n) is 2.37. The van der Waals surface area contributed by atoms with Crippen LogP contribution in [0.2, 0.25) is 0 Å². The third-order valence-corrected chi connectivity index (χ3v) is 1.50. The molecule has 1 rings (SSSR count). The number of hydrogen-bond acceptors (Lipinski definition) is 2. The summed E-state index contributed by atoms with van der Waals surface area (Å²) in [4.78, 5) is 2.14. The van der Waals surface area contributed by atoms with Crippen LogP contribution in [0.15, 0.2) is 0 Å². The van der Waals surface area contributed by atoms with Crippen LogP contribution >= 0.6 is 0 Å². The van der Waals surface area contributed by atoms with Crippen LogP contribution < -0.4 is 5.73 Å².